The number of hydrogen-bond acceptors (Lipinski definition) is 4. The second kappa shape index (κ2) is 11.3. The van der Waals surface area contributed by atoms with E-state index in [9.17, 15) is 0 Å². The van der Waals surface area contributed by atoms with Gasteiger partial charge in [-0.05, 0) is 45.5 Å². The number of nitrogens with one attached hydrogen (secondary N) is 1. The minimum Gasteiger partial charge on any atom is -0.464 e. The van der Waals surface area contributed by atoms with Crippen molar-refractivity contribution < 1.29 is 4.74 Å². The summed E-state index contributed by atoms with van der Waals surface area (Å²) in [7, 11) is 0. The normalized spacial score (nSPS) is 13.7. The molecule has 1 aliphatic rings. The molecule has 1 N–H and O–H groups in total. The van der Waals surface area contributed by atoms with Crippen LogP contribution >= 0.6 is 0 Å². The first kappa shape index (κ1) is 27.1. The SMILES string of the molecule is c1ccc(-c2ccc(-c3cc(-c4ccccc4)nc(-c4ccc5c(ccc6ccc7c(c65)NC(c5ccccc5)O7)c4)n3)cc2)cc1. The molecule has 0 radical (unpaired) electrons. The summed E-state index contributed by atoms with van der Waals surface area (Å²) in [6.07, 6.45) is -0.222. The van der Waals surface area contributed by atoms with Gasteiger partial charge in [0.2, 0.25) is 0 Å². The third kappa shape index (κ3) is 4.97. The Morgan fingerprint density at radius 3 is 1.74 bits per heavy atom. The van der Waals surface area contributed by atoms with Crippen LogP contribution in [0.25, 0.3) is 66.6 Å². The first-order valence-corrected chi connectivity index (χ1v) is 15.9. The van der Waals surface area contributed by atoms with Gasteiger partial charge < -0.3 is 10.1 Å². The molecule has 0 fully saturated rings. The Kier molecular flexibility index (Phi) is 6.50. The standard InChI is InChI=1S/C43H29N3O/c1-4-10-28(11-5-1)29-16-18-31(19-17-29)38-27-37(30-12-6-2-7-13-30)44-42(45-38)35-22-24-36-34(26-35)21-20-32-23-25-39-41(40(32)36)46-43(47-39)33-14-8-3-9-15-33/h1-27,43,46H. The third-order valence-corrected chi connectivity index (χ3v) is 8.93. The maximum absolute atomic E-state index is 6.35. The predicted molar refractivity (Wildman–Crippen MR) is 192 cm³/mol. The number of fused-ring (bicyclic) bond motifs is 5. The van der Waals surface area contributed by atoms with Crippen LogP contribution < -0.4 is 10.1 Å². The average molecular weight is 604 g/mol. The van der Waals surface area contributed by atoms with E-state index in [2.05, 4.69) is 127 Å². The molecule has 2 heterocycles. The lowest BCUT2D eigenvalue weighted by Crippen LogP contribution is -2.09. The van der Waals surface area contributed by atoms with E-state index in [1.165, 1.54) is 11.1 Å². The Hall–Kier alpha value is -6.26. The molecule has 1 aromatic heterocycles. The molecular formula is C43H29N3O. The van der Waals surface area contributed by atoms with Crippen molar-refractivity contribution in [1.29, 1.82) is 0 Å². The van der Waals surface area contributed by atoms with Gasteiger partial charge in [-0.1, -0.05) is 146 Å². The fraction of sp³-hybridized carbons (Fsp3) is 0.0233. The molecule has 0 saturated heterocycles. The van der Waals surface area contributed by atoms with Crippen LogP contribution in [0.15, 0.2) is 164 Å². The highest BCUT2D eigenvalue weighted by molar-refractivity contribution is 6.15. The Labute approximate surface area is 273 Å². The zero-order chi connectivity index (χ0) is 31.2. The van der Waals surface area contributed by atoms with E-state index in [0.717, 1.165) is 66.6 Å². The van der Waals surface area contributed by atoms with Crippen molar-refractivity contribution in [3.05, 3.63) is 169 Å². The van der Waals surface area contributed by atoms with Crippen LogP contribution in [0.1, 0.15) is 11.8 Å². The summed E-state index contributed by atoms with van der Waals surface area (Å²) in [5.74, 6) is 1.56. The molecule has 0 aliphatic carbocycles. The quantitative estimate of drug-likeness (QED) is 0.199. The van der Waals surface area contributed by atoms with Gasteiger partial charge in [0.1, 0.15) is 5.75 Å². The molecule has 1 atom stereocenters. The van der Waals surface area contributed by atoms with Crippen molar-refractivity contribution >= 4 is 27.2 Å². The monoisotopic (exact) mass is 603 g/mol. The van der Waals surface area contributed by atoms with Gasteiger partial charge in [-0.2, -0.15) is 0 Å². The fourth-order valence-electron chi connectivity index (χ4n) is 6.53. The lowest BCUT2D eigenvalue weighted by atomic mass is 9.98. The van der Waals surface area contributed by atoms with Gasteiger partial charge in [0, 0.05) is 27.6 Å². The molecule has 9 rings (SSSR count). The maximum atomic E-state index is 6.35. The number of nitrogens with zero attached hydrogens (tertiary/aromatic N) is 2. The molecule has 47 heavy (non-hydrogen) atoms. The van der Waals surface area contributed by atoms with E-state index in [-0.39, 0.29) is 6.23 Å². The molecular weight excluding hydrogens is 574 g/mol. The summed E-state index contributed by atoms with van der Waals surface area (Å²) >= 11 is 0. The Balaban J connectivity index is 1.14. The predicted octanol–water partition coefficient (Wildman–Crippen LogP) is 11.0. The van der Waals surface area contributed by atoms with Crippen LogP contribution in [-0.4, -0.2) is 9.97 Å². The number of rotatable bonds is 5. The molecule has 4 heteroatoms. The van der Waals surface area contributed by atoms with E-state index in [0.29, 0.717) is 5.82 Å². The van der Waals surface area contributed by atoms with E-state index in [4.69, 9.17) is 14.7 Å². The van der Waals surface area contributed by atoms with Gasteiger partial charge in [0.25, 0.3) is 0 Å². The van der Waals surface area contributed by atoms with E-state index < -0.39 is 0 Å². The molecule has 0 saturated carbocycles. The van der Waals surface area contributed by atoms with Gasteiger partial charge in [0.15, 0.2) is 12.1 Å². The van der Waals surface area contributed by atoms with E-state index in [1.807, 2.05) is 42.5 Å². The van der Waals surface area contributed by atoms with Crippen LogP contribution in [0.3, 0.4) is 0 Å². The van der Waals surface area contributed by atoms with E-state index in [1.54, 1.807) is 0 Å². The number of ether oxygens (including phenoxy) is 1. The third-order valence-electron chi connectivity index (χ3n) is 8.93. The summed E-state index contributed by atoms with van der Waals surface area (Å²) in [5, 5.41) is 8.25. The smallest absolute Gasteiger partial charge is 0.196 e. The summed E-state index contributed by atoms with van der Waals surface area (Å²) in [4.78, 5) is 10.2. The Morgan fingerprint density at radius 2 is 1.02 bits per heavy atom. The van der Waals surface area contributed by atoms with Gasteiger partial charge >= 0.3 is 0 Å². The molecule has 0 bridgehead atoms. The highest BCUT2D eigenvalue weighted by Gasteiger charge is 2.26. The molecule has 0 spiro atoms. The topological polar surface area (TPSA) is 47.0 Å². The second-order valence-electron chi connectivity index (χ2n) is 11.9. The van der Waals surface area contributed by atoms with Crippen molar-refractivity contribution in [3.8, 4) is 50.8 Å². The summed E-state index contributed by atoms with van der Waals surface area (Å²) in [6.45, 7) is 0. The van der Waals surface area contributed by atoms with Crippen LogP contribution in [0.5, 0.6) is 5.75 Å². The van der Waals surface area contributed by atoms with Crippen molar-refractivity contribution in [2.45, 2.75) is 6.23 Å². The molecule has 222 valence electrons. The molecule has 1 unspecified atom stereocenters. The number of aromatic nitrogens is 2. The highest BCUT2D eigenvalue weighted by atomic mass is 16.5. The molecule has 7 aromatic carbocycles. The lowest BCUT2D eigenvalue weighted by Gasteiger charge is -2.12. The first-order chi connectivity index (χ1) is 23.3. The van der Waals surface area contributed by atoms with E-state index >= 15 is 0 Å². The van der Waals surface area contributed by atoms with Crippen molar-refractivity contribution in [1.82, 2.24) is 9.97 Å². The minimum absolute atomic E-state index is 0.222. The average Bonchev–Trinajstić information content (AvgIpc) is 3.60. The molecule has 8 aromatic rings. The first-order valence-electron chi connectivity index (χ1n) is 15.9. The fourth-order valence-corrected chi connectivity index (χ4v) is 6.53. The molecule has 4 nitrogen and oxygen atoms in total. The summed E-state index contributed by atoms with van der Waals surface area (Å²) in [5.41, 5.74) is 9.34. The largest absolute Gasteiger partial charge is 0.464 e. The van der Waals surface area contributed by atoms with Crippen LogP contribution in [-0.2, 0) is 0 Å². The van der Waals surface area contributed by atoms with Crippen LogP contribution in [0.4, 0.5) is 5.69 Å². The zero-order valence-corrected chi connectivity index (χ0v) is 25.5. The molecule has 1 aliphatic heterocycles. The van der Waals surface area contributed by atoms with Gasteiger partial charge in [0.05, 0.1) is 17.1 Å². The van der Waals surface area contributed by atoms with Crippen molar-refractivity contribution in [2.24, 2.45) is 0 Å². The van der Waals surface area contributed by atoms with Crippen LogP contribution in [0.2, 0.25) is 0 Å². The van der Waals surface area contributed by atoms with Crippen molar-refractivity contribution in [3.63, 3.8) is 0 Å². The van der Waals surface area contributed by atoms with Gasteiger partial charge in [-0.15, -0.1) is 0 Å². The second-order valence-corrected chi connectivity index (χ2v) is 11.9. The highest BCUT2D eigenvalue weighted by Crippen LogP contribution is 2.45. The van der Waals surface area contributed by atoms with Gasteiger partial charge in [-0.25, -0.2) is 9.97 Å². The Morgan fingerprint density at radius 1 is 0.468 bits per heavy atom. The van der Waals surface area contributed by atoms with Crippen LogP contribution in [0, 0.1) is 0 Å². The summed E-state index contributed by atoms with van der Waals surface area (Å²) < 4.78 is 6.35. The minimum atomic E-state index is -0.222. The van der Waals surface area contributed by atoms with Gasteiger partial charge in [-0.3, -0.25) is 0 Å². The molecule has 0 amide bonds. The Bertz CT molecular complexity index is 2390. The summed E-state index contributed by atoms with van der Waals surface area (Å²) in [6, 6.07) is 56.8. The number of hydrogen-bond donors (Lipinski definition) is 1. The lowest BCUT2D eigenvalue weighted by molar-refractivity contribution is 0.260. The number of benzene rings is 7. The maximum Gasteiger partial charge on any atom is 0.196 e. The zero-order valence-electron chi connectivity index (χ0n) is 25.5. The number of anilines is 1. The van der Waals surface area contributed by atoms with Crippen molar-refractivity contribution in [2.75, 3.05) is 5.32 Å².